The average molecular weight is 706 g/mol. The summed E-state index contributed by atoms with van der Waals surface area (Å²) in [5.74, 6) is -2.30. The Morgan fingerprint density at radius 2 is 1.51 bits per heavy atom. The Labute approximate surface area is 257 Å². The largest absolute Gasteiger partial charge is 0.460 e. The number of carbonyl (C=O) groups is 5. The molecule has 11 nitrogen and oxygen atoms in total. The first kappa shape index (κ1) is 34.5. The number of hydrogen-bond acceptors (Lipinski definition) is 9. The summed E-state index contributed by atoms with van der Waals surface area (Å²) in [5.41, 5.74) is 0.292. The van der Waals surface area contributed by atoms with E-state index in [1.165, 1.54) is 27.7 Å². The molecule has 13 heteroatoms. The summed E-state index contributed by atoms with van der Waals surface area (Å²) in [5, 5.41) is 2.80. The Balaban J connectivity index is 2.28. The van der Waals surface area contributed by atoms with Crippen molar-refractivity contribution in [3.8, 4) is 0 Å². The fourth-order valence-corrected chi connectivity index (χ4v) is 5.71. The van der Waals surface area contributed by atoms with Gasteiger partial charge in [-0.15, -0.1) is 0 Å². The molecule has 228 valence electrons. The van der Waals surface area contributed by atoms with Crippen molar-refractivity contribution < 1.29 is 42.9 Å². The Morgan fingerprint density at radius 3 is 2.05 bits per heavy atom. The third-order valence-electron chi connectivity index (χ3n) is 6.11. The summed E-state index contributed by atoms with van der Waals surface area (Å²) in [7, 11) is 0. The first-order chi connectivity index (χ1) is 19.0. The van der Waals surface area contributed by atoms with E-state index in [0.717, 1.165) is 0 Å². The number of benzene rings is 1. The highest BCUT2D eigenvalue weighted by atomic mass is 79.9. The first-order valence-corrected chi connectivity index (χ1v) is 14.9. The van der Waals surface area contributed by atoms with Gasteiger partial charge in [0.15, 0.2) is 12.2 Å². The second kappa shape index (κ2) is 15.0. The van der Waals surface area contributed by atoms with Gasteiger partial charge < -0.3 is 29.2 Å². The molecule has 0 unspecified atom stereocenters. The molecule has 2 rings (SSSR count). The molecule has 0 aromatic heterocycles. The molecule has 1 fully saturated rings. The van der Waals surface area contributed by atoms with Crippen LogP contribution in [0.3, 0.4) is 0 Å². The number of anilines is 1. The van der Waals surface area contributed by atoms with Crippen LogP contribution in [-0.2, 0) is 44.7 Å². The van der Waals surface area contributed by atoms with Crippen LogP contribution in [0.15, 0.2) is 21.1 Å². The van der Waals surface area contributed by atoms with Crippen molar-refractivity contribution in [1.29, 1.82) is 0 Å². The van der Waals surface area contributed by atoms with Gasteiger partial charge in [-0.1, -0.05) is 15.9 Å². The van der Waals surface area contributed by atoms with Gasteiger partial charge in [-0.25, -0.2) is 9.59 Å². The van der Waals surface area contributed by atoms with E-state index in [2.05, 4.69) is 37.2 Å². The topological polar surface area (TPSA) is 138 Å². The summed E-state index contributed by atoms with van der Waals surface area (Å²) in [6, 6.07) is 3.30. The highest BCUT2D eigenvalue weighted by molar-refractivity contribution is 9.11. The molecule has 2 amide bonds. The standard InChI is InChI=1S/C28H38Br2N2O9/c1-15(38-17(3)33)25(35)31-24-19(12-20(29)13-23(24)30)14-32(27(37)41-28(5,6)7)21-8-10-22(11-9-21)40-26(36)16(2)39-18(4)34/h12-13,15-16,21-22H,8-11,14H2,1-7H3,(H,31,35)/t15-,16-,21?,22?/m0/s1. The van der Waals surface area contributed by atoms with Crippen molar-refractivity contribution in [1.82, 2.24) is 4.90 Å². The van der Waals surface area contributed by atoms with Gasteiger partial charge >= 0.3 is 24.0 Å². The van der Waals surface area contributed by atoms with Crippen LogP contribution in [0.2, 0.25) is 0 Å². The van der Waals surface area contributed by atoms with Crippen molar-refractivity contribution in [3.05, 3.63) is 26.6 Å². The van der Waals surface area contributed by atoms with Gasteiger partial charge in [0.2, 0.25) is 0 Å². The van der Waals surface area contributed by atoms with Gasteiger partial charge in [-0.3, -0.25) is 14.4 Å². The number of nitrogens with zero attached hydrogens (tertiary/aromatic N) is 1. The van der Waals surface area contributed by atoms with Crippen molar-refractivity contribution >= 4 is 67.5 Å². The number of ether oxygens (including phenoxy) is 4. The van der Waals surface area contributed by atoms with E-state index in [0.29, 0.717) is 45.9 Å². The summed E-state index contributed by atoms with van der Waals surface area (Å²) < 4.78 is 22.5. The molecule has 0 aliphatic heterocycles. The smallest absolute Gasteiger partial charge is 0.410 e. The number of amides is 2. The SMILES string of the molecule is CC(=O)O[C@@H](C)C(=O)Nc1c(Br)cc(Br)cc1CN(C(=O)OC(C)(C)C)C1CCC(OC(=O)[C@H](C)OC(C)=O)CC1. The number of hydrogen-bond donors (Lipinski definition) is 1. The maximum atomic E-state index is 13.4. The van der Waals surface area contributed by atoms with Crippen LogP contribution in [0.5, 0.6) is 0 Å². The third kappa shape index (κ3) is 11.3. The number of nitrogens with one attached hydrogen (secondary N) is 1. The highest BCUT2D eigenvalue weighted by Crippen LogP contribution is 2.34. The lowest BCUT2D eigenvalue weighted by atomic mass is 9.91. The van der Waals surface area contributed by atoms with Crippen LogP contribution >= 0.6 is 31.9 Å². The second-order valence-electron chi connectivity index (χ2n) is 10.9. The van der Waals surface area contributed by atoms with Crippen LogP contribution in [0.1, 0.15) is 79.7 Å². The van der Waals surface area contributed by atoms with Gasteiger partial charge in [-0.2, -0.15) is 0 Å². The molecule has 2 atom stereocenters. The number of rotatable bonds is 9. The molecule has 0 radical (unpaired) electrons. The van der Waals surface area contributed by atoms with Crippen LogP contribution in [0.4, 0.5) is 10.5 Å². The van der Waals surface area contributed by atoms with Gasteiger partial charge in [0.25, 0.3) is 5.91 Å². The molecule has 1 aliphatic carbocycles. The van der Waals surface area contributed by atoms with Crippen LogP contribution < -0.4 is 5.32 Å². The third-order valence-corrected chi connectivity index (χ3v) is 7.19. The lowest BCUT2D eigenvalue weighted by molar-refractivity contribution is -0.170. The number of esters is 3. The van der Waals surface area contributed by atoms with E-state index in [9.17, 15) is 24.0 Å². The Hall–Kier alpha value is -2.67. The van der Waals surface area contributed by atoms with E-state index >= 15 is 0 Å². The van der Waals surface area contributed by atoms with Crippen LogP contribution in [0.25, 0.3) is 0 Å². The van der Waals surface area contributed by atoms with Crippen LogP contribution in [0, 0.1) is 0 Å². The van der Waals surface area contributed by atoms with E-state index in [4.69, 9.17) is 18.9 Å². The monoisotopic (exact) mass is 704 g/mol. The van der Waals surface area contributed by atoms with Gasteiger partial charge in [0.05, 0.1) is 12.2 Å². The lowest BCUT2D eigenvalue weighted by Crippen LogP contribution is -2.45. The summed E-state index contributed by atoms with van der Waals surface area (Å²) in [6.45, 7) is 10.8. The van der Waals surface area contributed by atoms with E-state index in [1.54, 1.807) is 37.8 Å². The molecule has 1 N–H and O–H groups in total. The number of carbonyl (C=O) groups excluding carboxylic acids is 5. The normalized spacial score (nSPS) is 18.4. The van der Waals surface area contributed by atoms with Gasteiger partial charge in [0.1, 0.15) is 11.7 Å². The minimum Gasteiger partial charge on any atom is -0.460 e. The maximum absolute atomic E-state index is 13.4. The van der Waals surface area contributed by atoms with E-state index in [-0.39, 0.29) is 18.7 Å². The van der Waals surface area contributed by atoms with Crippen molar-refractivity contribution in [2.45, 2.75) is 111 Å². The lowest BCUT2D eigenvalue weighted by Gasteiger charge is -2.38. The first-order valence-electron chi connectivity index (χ1n) is 13.3. The maximum Gasteiger partial charge on any atom is 0.410 e. The predicted octanol–water partition coefficient (Wildman–Crippen LogP) is 5.64. The molecule has 0 heterocycles. The summed E-state index contributed by atoms with van der Waals surface area (Å²) >= 11 is 6.97. The van der Waals surface area contributed by atoms with Gasteiger partial charge in [-0.05, 0) is 93.9 Å². The second-order valence-corrected chi connectivity index (χ2v) is 12.7. The average Bonchev–Trinajstić information content (AvgIpc) is 2.82. The molecule has 0 bridgehead atoms. The van der Waals surface area contributed by atoms with Crippen molar-refractivity contribution in [2.75, 3.05) is 5.32 Å². The van der Waals surface area contributed by atoms with E-state index in [1.807, 2.05) is 0 Å². The van der Waals surface area contributed by atoms with Gasteiger partial charge in [0, 0.05) is 28.8 Å². The Kier molecular flexibility index (Phi) is 12.6. The molecule has 41 heavy (non-hydrogen) atoms. The summed E-state index contributed by atoms with van der Waals surface area (Å²) in [4.78, 5) is 62.6. The zero-order valence-corrected chi connectivity index (χ0v) is 27.5. The number of halogens is 2. The highest BCUT2D eigenvalue weighted by Gasteiger charge is 2.34. The molecular weight excluding hydrogens is 668 g/mol. The molecule has 0 spiro atoms. The molecular formula is C28H38Br2N2O9. The quantitative estimate of drug-likeness (QED) is 0.255. The zero-order chi connectivity index (χ0) is 31.1. The van der Waals surface area contributed by atoms with Crippen LogP contribution in [-0.4, -0.2) is 64.8 Å². The minimum absolute atomic E-state index is 0.100. The van der Waals surface area contributed by atoms with Crippen molar-refractivity contribution in [2.24, 2.45) is 0 Å². The minimum atomic E-state index is -1.03. The molecule has 1 aromatic rings. The Morgan fingerprint density at radius 1 is 0.951 bits per heavy atom. The predicted molar refractivity (Wildman–Crippen MR) is 157 cm³/mol. The Bertz CT molecular complexity index is 1140. The molecule has 1 aliphatic rings. The molecule has 0 saturated heterocycles. The van der Waals surface area contributed by atoms with E-state index < -0.39 is 47.7 Å². The fraction of sp³-hybridized carbons (Fsp3) is 0.607. The molecule has 1 saturated carbocycles. The summed E-state index contributed by atoms with van der Waals surface area (Å²) in [6.07, 6.45) is -0.894. The van der Waals surface area contributed by atoms with Crippen molar-refractivity contribution in [3.63, 3.8) is 0 Å². The fourth-order valence-electron chi connectivity index (χ4n) is 4.30. The molecule has 1 aromatic carbocycles. The zero-order valence-electron chi connectivity index (χ0n) is 24.4.